The maximum absolute atomic E-state index is 12.3. The van der Waals surface area contributed by atoms with Gasteiger partial charge in [-0.05, 0) is 39.8 Å². The Morgan fingerprint density at radius 1 is 1.24 bits per heavy atom. The first-order valence-corrected chi connectivity index (χ1v) is 6.58. The van der Waals surface area contributed by atoms with Crippen molar-refractivity contribution in [2.45, 2.75) is 15.5 Å². The van der Waals surface area contributed by atoms with Gasteiger partial charge in [0.2, 0.25) is 0 Å². The third-order valence-electron chi connectivity index (χ3n) is 1.64. The normalized spacial score (nSPS) is 11.8. The molecule has 0 aliphatic rings. The van der Waals surface area contributed by atoms with E-state index in [0.717, 1.165) is 24.0 Å². The molecule has 0 aliphatic carbocycles. The average Bonchev–Trinajstić information content (AvgIpc) is 2.63. The predicted molar refractivity (Wildman–Crippen MR) is 61.0 cm³/mol. The van der Waals surface area contributed by atoms with Gasteiger partial charge >= 0.3 is 6.18 Å². The Morgan fingerprint density at radius 2 is 2.00 bits per heavy atom. The summed E-state index contributed by atoms with van der Waals surface area (Å²) < 4.78 is 38.1. The minimum Gasteiger partial charge on any atom is -0.249 e. The summed E-state index contributed by atoms with van der Waals surface area (Å²) in [7, 11) is 0. The lowest BCUT2D eigenvalue weighted by atomic mass is 10.3. The summed E-state index contributed by atoms with van der Waals surface area (Å²) in [6, 6.07) is 2.30. The van der Waals surface area contributed by atoms with Crippen LogP contribution in [0.5, 0.6) is 0 Å². The van der Waals surface area contributed by atoms with Crippen LogP contribution in [0.4, 0.5) is 13.2 Å². The van der Waals surface area contributed by atoms with E-state index in [2.05, 4.69) is 31.1 Å². The van der Waals surface area contributed by atoms with Crippen molar-refractivity contribution in [3.8, 4) is 0 Å². The van der Waals surface area contributed by atoms with Crippen LogP contribution in [0.25, 0.3) is 0 Å². The molecule has 0 atom stereocenters. The van der Waals surface area contributed by atoms with Gasteiger partial charge in [0.25, 0.3) is 0 Å². The van der Waals surface area contributed by atoms with Crippen LogP contribution in [0.15, 0.2) is 31.6 Å². The van der Waals surface area contributed by atoms with Gasteiger partial charge in [0, 0.05) is 6.20 Å². The van der Waals surface area contributed by atoms with Crippen molar-refractivity contribution < 1.29 is 13.2 Å². The number of halogens is 4. The van der Waals surface area contributed by atoms with Crippen LogP contribution in [0, 0.1) is 0 Å². The van der Waals surface area contributed by atoms with E-state index in [-0.39, 0.29) is 0 Å². The molecule has 0 saturated carbocycles. The molecule has 2 aromatic rings. The van der Waals surface area contributed by atoms with Gasteiger partial charge in [-0.3, -0.25) is 0 Å². The Kier molecular flexibility index (Phi) is 3.69. The monoisotopic (exact) mass is 341 g/mol. The largest absolute Gasteiger partial charge is 0.417 e. The maximum Gasteiger partial charge on any atom is 0.417 e. The molecule has 17 heavy (non-hydrogen) atoms. The quantitative estimate of drug-likeness (QED) is 0.831. The fraction of sp³-hybridized carbons (Fsp3) is 0.125. The number of rotatable bonds is 2. The lowest BCUT2D eigenvalue weighted by Crippen LogP contribution is -2.04. The fourth-order valence-electron chi connectivity index (χ4n) is 0.932. The zero-order chi connectivity index (χ0) is 12.5. The minimum absolute atomic E-state index is 0.446. The highest BCUT2D eigenvalue weighted by molar-refractivity contribution is 9.11. The van der Waals surface area contributed by atoms with Crippen molar-refractivity contribution in [2.75, 3.05) is 0 Å². The van der Waals surface area contributed by atoms with Crippen LogP contribution in [0.2, 0.25) is 0 Å². The molecule has 0 unspecified atom stereocenters. The Bertz CT molecular complexity index is 511. The molecular weight excluding hydrogens is 339 g/mol. The van der Waals surface area contributed by atoms with Gasteiger partial charge in [-0.2, -0.15) is 13.2 Å². The number of hydrogen-bond donors (Lipinski definition) is 0. The van der Waals surface area contributed by atoms with Crippen LogP contribution in [0.3, 0.4) is 0 Å². The first kappa shape index (κ1) is 12.8. The summed E-state index contributed by atoms with van der Waals surface area (Å²) in [6.45, 7) is 0. The van der Waals surface area contributed by atoms with E-state index in [4.69, 9.17) is 0 Å². The van der Waals surface area contributed by atoms with E-state index in [1.54, 1.807) is 0 Å². The van der Waals surface area contributed by atoms with Gasteiger partial charge in [0.1, 0.15) is 5.03 Å². The summed E-state index contributed by atoms with van der Waals surface area (Å²) in [5.41, 5.74) is -0.764. The van der Waals surface area contributed by atoms with E-state index in [1.807, 2.05) is 0 Å². The van der Waals surface area contributed by atoms with Gasteiger partial charge < -0.3 is 0 Å². The molecule has 0 aromatic carbocycles. The molecule has 0 bridgehead atoms. The van der Waals surface area contributed by atoms with Crippen molar-refractivity contribution in [3.63, 3.8) is 0 Å². The first-order valence-electron chi connectivity index (χ1n) is 4.15. The summed E-state index contributed by atoms with van der Waals surface area (Å²) in [6.07, 6.45) is -3.56. The summed E-state index contributed by atoms with van der Waals surface area (Å²) >= 11 is 5.60. The molecule has 2 aromatic heterocycles. The Balaban J connectivity index is 2.13. The Morgan fingerprint density at radius 3 is 2.47 bits per heavy atom. The highest BCUT2D eigenvalue weighted by Gasteiger charge is 2.30. The number of pyridine rings is 1. The maximum atomic E-state index is 12.3. The molecule has 0 spiro atoms. The van der Waals surface area contributed by atoms with Gasteiger partial charge in [-0.25, -0.2) is 4.98 Å². The number of nitrogens with zero attached hydrogens (tertiary/aromatic N) is 3. The standard InChI is InChI=1S/C8H3BrF3N3S2/c9-6-14-15-7(17-6)16-5-2-1-4(3-13-5)8(10,11)12/h1-3H. The molecular formula is C8H3BrF3N3S2. The van der Waals surface area contributed by atoms with E-state index >= 15 is 0 Å². The molecule has 2 heterocycles. The average molecular weight is 342 g/mol. The van der Waals surface area contributed by atoms with Gasteiger partial charge in [-0.1, -0.05) is 11.3 Å². The lowest BCUT2D eigenvalue weighted by molar-refractivity contribution is -0.137. The minimum atomic E-state index is -4.36. The molecule has 0 aliphatic heterocycles. The zero-order valence-corrected chi connectivity index (χ0v) is 11.1. The van der Waals surface area contributed by atoms with Crippen molar-refractivity contribution >= 4 is 39.0 Å². The summed E-state index contributed by atoms with van der Waals surface area (Å²) in [4.78, 5) is 3.72. The summed E-state index contributed by atoms with van der Waals surface area (Å²) in [5.74, 6) is 0. The van der Waals surface area contributed by atoms with Crippen LogP contribution < -0.4 is 0 Å². The van der Waals surface area contributed by atoms with Crippen LogP contribution >= 0.6 is 39.0 Å². The molecule has 3 nitrogen and oxygen atoms in total. The molecule has 9 heteroatoms. The second kappa shape index (κ2) is 4.91. The second-order valence-corrected chi connectivity index (χ2v) is 6.33. The highest BCUT2D eigenvalue weighted by atomic mass is 79.9. The van der Waals surface area contributed by atoms with E-state index in [9.17, 15) is 13.2 Å². The smallest absolute Gasteiger partial charge is 0.249 e. The first-order chi connectivity index (χ1) is 7.95. The molecule has 0 saturated heterocycles. The SMILES string of the molecule is FC(F)(F)c1ccc(Sc2nnc(Br)s2)nc1. The van der Waals surface area contributed by atoms with Crippen molar-refractivity contribution in [1.29, 1.82) is 0 Å². The molecule has 0 radical (unpaired) electrons. The molecule has 90 valence electrons. The number of alkyl halides is 3. The topological polar surface area (TPSA) is 38.7 Å². The van der Waals surface area contributed by atoms with Crippen LogP contribution in [-0.4, -0.2) is 15.2 Å². The van der Waals surface area contributed by atoms with Gasteiger partial charge in [0.15, 0.2) is 8.26 Å². The Hall–Kier alpha value is -0.670. The van der Waals surface area contributed by atoms with Gasteiger partial charge in [0.05, 0.1) is 5.56 Å². The van der Waals surface area contributed by atoms with Gasteiger partial charge in [-0.15, -0.1) is 10.2 Å². The predicted octanol–water partition coefficient (Wildman–Crippen LogP) is 3.87. The summed E-state index contributed by atoms with van der Waals surface area (Å²) in [5, 5.41) is 7.98. The number of aromatic nitrogens is 3. The third kappa shape index (κ3) is 3.39. The molecule has 2 rings (SSSR count). The Labute approximate surface area is 111 Å². The molecule has 0 fully saturated rings. The molecule has 0 N–H and O–H groups in total. The van der Waals surface area contributed by atoms with E-state index in [0.29, 0.717) is 13.3 Å². The zero-order valence-electron chi connectivity index (χ0n) is 7.90. The van der Waals surface area contributed by atoms with Crippen molar-refractivity contribution in [3.05, 3.63) is 27.8 Å². The fourth-order valence-corrected chi connectivity index (χ4v) is 3.26. The third-order valence-corrected chi connectivity index (χ3v) is 3.99. The van der Waals surface area contributed by atoms with E-state index < -0.39 is 11.7 Å². The van der Waals surface area contributed by atoms with Crippen molar-refractivity contribution in [1.82, 2.24) is 15.2 Å². The van der Waals surface area contributed by atoms with Crippen molar-refractivity contribution in [2.24, 2.45) is 0 Å². The lowest BCUT2D eigenvalue weighted by Gasteiger charge is -2.05. The number of hydrogen-bond acceptors (Lipinski definition) is 5. The second-order valence-electron chi connectivity index (χ2n) is 2.81. The van der Waals surface area contributed by atoms with E-state index in [1.165, 1.54) is 17.4 Å². The van der Waals surface area contributed by atoms with Crippen LogP contribution in [0.1, 0.15) is 5.56 Å². The molecule has 0 amide bonds. The van der Waals surface area contributed by atoms with Crippen LogP contribution in [-0.2, 0) is 6.18 Å². The highest BCUT2D eigenvalue weighted by Crippen LogP contribution is 2.33.